The van der Waals surface area contributed by atoms with Crippen molar-refractivity contribution in [1.82, 2.24) is 10.2 Å². The van der Waals surface area contributed by atoms with Crippen LogP contribution < -0.4 is 5.32 Å². The quantitative estimate of drug-likeness (QED) is 0.489. The summed E-state index contributed by atoms with van der Waals surface area (Å²) < 4.78 is 0. The average Bonchev–Trinajstić information content (AvgIpc) is 2.71. The number of nitrogens with zero attached hydrogens (tertiary/aromatic N) is 1. The molecule has 28 heavy (non-hydrogen) atoms. The molecule has 5 heteroatoms. The topological polar surface area (TPSA) is 69.6 Å². The van der Waals surface area contributed by atoms with Crippen LogP contribution in [0.3, 0.4) is 0 Å². The number of para-hydroxylation sites is 1. The van der Waals surface area contributed by atoms with Gasteiger partial charge in [0.1, 0.15) is 12.3 Å². The fourth-order valence-electron chi connectivity index (χ4n) is 3.59. The van der Waals surface area contributed by atoms with E-state index in [1.165, 1.54) is 10.5 Å². The summed E-state index contributed by atoms with van der Waals surface area (Å²) in [5.41, 5.74) is 2.07. The number of likely N-dealkylation sites (tertiary alicyclic amines) is 1. The van der Waals surface area contributed by atoms with Crippen LogP contribution in [-0.2, 0) is 16.0 Å². The normalized spacial score (nSPS) is 15.9. The number of hydrogen-bond donors (Lipinski definition) is 2. The highest BCUT2D eigenvalue weighted by molar-refractivity contribution is 5.89. The maximum absolute atomic E-state index is 12.2. The van der Waals surface area contributed by atoms with E-state index in [2.05, 4.69) is 29.6 Å². The number of phenolic OH excluding ortho intramolecular Hbond substituents is 1. The first-order chi connectivity index (χ1) is 13.6. The molecule has 1 unspecified atom stereocenters. The summed E-state index contributed by atoms with van der Waals surface area (Å²) >= 11 is 0. The van der Waals surface area contributed by atoms with Gasteiger partial charge in [-0.3, -0.25) is 9.59 Å². The van der Waals surface area contributed by atoms with Crippen molar-refractivity contribution in [2.45, 2.75) is 44.6 Å². The Kier molecular flexibility index (Phi) is 7.06. The van der Waals surface area contributed by atoms with Gasteiger partial charge in [-0.2, -0.15) is 0 Å². The predicted molar refractivity (Wildman–Crippen MR) is 109 cm³/mol. The summed E-state index contributed by atoms with van der Waals surface area (Å²) in [5.74, 6) is -0.0250. The van der Waals surface area contributed by atoms with Crippen LogP contribution in [0.4, 0.5) is 0 Å². The highest BCUT2D eigenvalue weighted by Crippen LogP contribution is 2.38. The van der Waals surface area contributed by atoms with Crippen LogP contribution in [0.2, 0.25) is 0 Å². The van der Waals surface area contributed by atoms with E-state index in [4.69, 9.17) is 0 Å². The molecule has 1 atom stereocenters. The first-order valence-corrected chi connectivity index (χ1v) is 10.0. The summed E-state index contributed by atoms with van der Waals surface area (Å²) in [7, 11) is 0. The lowest BCUT2D eigenvalue weighted by Gasteiger charge is -2.40. The molecule has 2 amide bonds. The van der Waals surface area contributed by atoms with Crippen LogP contribution in [0.5, 0.6) is 5.75 Å². The molecule has 3 rings (SSSR count). The molecule has 2 N–H and O–H groups in total. The summed E-state index contributed by atoms with van der Waals surface area (Å²) in [6.45, 7) is 0.680. The lowest BCUT2D eigenvalue weighted by Crippen LogP contribution is -2.50. The molecule has 1 heterocycles. The molecule has 2 aromatic rings. The number of β-lactam (4-membered cyclic amide) rings is 1. The minimum Gasteiger partial charge on any atom is -0.508 e. The Balaban J connectivity index is 1.31. The van der Waals surface area contributed by atoms with E-state index < -0.39 is 0 Å². The Morgan fingerprint density at radius 2 is 1.71 bits per heavy atom. The fourth-order valence-corrected chi connectivity index (χ4v) is 3.59. The number of nitrogens with one attached hydrogen (secondary N) is 1. The zero-order valence-corrected chi connectivity index (χ0v) is 16.1. The van der Waals surface area contributed by atoms with Crippen molar-refractivity contribution in [3.63, 3.8) is 0 Å². The molecule has 0 saturated carbocycles. The summed E-state index contributed by atoms with van der Waals surface area (Å²) in [6.07, 6.45) is 5.76. The van der Waals surface area contributed by atoms with Crippen molar-refractivity contribution >= 4 is 11.8 Å². The van der Waals surface area contributed by atoms with Gasteiger partial charge in [-0.05, 0) is 30.9 Å². The summed E-state index contributed by atoms with van der Waals surface area (Å²) in [6, 6.07) is 17.2. The lowest BCUT2D eigenvalue weighted by molar-refractivity contribution is -0.150. The van der Waals surface area contributed by atoms with Crippen molar-refractivity contribution < 1.29 is 14.7 Å². The van der Waals surface area contributed by atoms with Crippen LogP contribution >= 0.6 is 0 Å². The second kappa shape index (κ2) is 9.93. The highest BCUT2D eigenvalue weighted by atomic mass is 16.3. The Labute approximate surface area is 166 Å². The van der Waals surface area contributed by atoms with Gasteiger partial charge in [0, 0.05) is 12.1 Å². The molecule has 148 valence electrons. The Morgan fingerprint density at radius 3 is 2.46 bits per heavy atom. The molecular formula is C23H28N2O3. The summed E-state index contributed by atoms with van der Waals surface area (Å²) in [5, 5.41) is 12.9. The van der Waals surface area contributed by atoms with E-state index in [1.807, 2.05) is 12.1 Å². The molecule has 0 bridgehead atoms. The number of benzene rings is 2. The molecule has 1 fully saturated rings. The number of unbranched alkanes of at least 4 members (excludes halogenated alkanes) is 3. The van der Waals surface area contributed by atoms with Gasteiger partial charge < -0.3 is 15.3 Å². The number of rotatable bonds is 10. The van der Waals surface area contributed by atoms with Gasteiger partial charge in [-0.1, -0.05) is 61.4 Å². The van der Waals surface area contributed by atoms with Gasteiger partial charge in [0.15, 0.2) is 0 Å². The number of aryl methyl sites for hydroxylation is 1. The molecule has 5 nitrogen and oxygen atoms in total. The third kappa shape index (κ3) is 5.35. The molecule has 2 aromatic carbocycles. The minimum absolute atomic E-state index is 0.0475. The number of carbonyl (C=O) groups excluding carboxylic acids is 2. The zero-order valence-electron chi connectivity index (χ0n) is 16.1. The number of amides is 2. The zero-order chi connectivity index (χ0) is 19.8. The van der Waals surface area contributed by atoms with Crippen molar-refractivity contribution in [3.8, 4) is 5.75 Å². The highest BCUT2D eigenvalue weighted by Gasteiger charge is 2.39. The van der Waals surface area contributed by atoms with Gasteiger partial charge in [0.05, 0.1) is 12.5 Å². The van der Waals surface area contributed by atoms with Crippen LogP contribution in [0.15, 0.2) is 54.6 Å². The Hall–Kier alpha value is -2.82. The van der Waals surface area contributed by atoms with Gasteiger partial charge >= 0.3 is 0 Å². The maximum atomic E-state index is 12.2. The third-order valence-electron chi connectivity index (χ3n) is 5.23. The van der Waals surface area contributed by atoms with Crippen molar-refractivity contribution in [1.29, 1.82) is 0 Å². The fraction of sp³-hybridized carbons (Fsp3) is 0.391. The molecule has 0 spiro atoms. The van der Waals surface area contributed by atoms with Crippen molar-refractivity contribution in [3.05, 3.63) is 65.7 Å². The van der Waals surface area contributed by atoms with Crippen LogP contribution in [0, 0.1) is 0 Å². The van der Waals surface area contributed by atoms with E-state index in [9.17, 15) is 14.7 Å². The van der Waals surface area contributed by atoms with Crippen LogP contribution in [-0.4, -0.2) is 34.9 Å². The van der Waals surface area contributed by atoms with E-state index in [0.717, 1.165) is 32.1 Å². The first kappa shape index (κ1) is 19.9. The van der Waals surface area contributed by atoms with Gasteiger partial charge in [0.2, 0.25) is 11.8 Å². The monoisotopic (exact) mass is 380 g/mol. The van der Waals surface area contributed by atoms with Gasteiger partial charge in [-0.15, -0.1) is 0 Å². The smallest absolute Gasteiger partial charge is 0.239 e. The van der Waals surface area contributed by atoms with E-state index in [-0.39, 0.29) is 30.2 Å². The van der Waals surface area contributed by atoms with Crippen LogP contribution in [0.25, 0.3) is 0 Å². The second-order valence-corrected chi connectivity index (χ2v) is 7.30. The molecule has 0 aromatic heterocycles. The van der Waals surface area contributed by atoms with E-state index in [0.29, 0.717) is 18.5 Å². The van der Waals surface area contributed by atoms with Crippen LogP contribution in [0.1, 0.15) is 49.3 Å². The molecule has 1 aliphatic heterocycles. The molecule has 1 saturated heterocycles. The molecule has 0 radical (unpaired) electrons. The molecule has 0 aliphatic carbocycles. The maximum Gasteiger partial charge on any atom is 0.239 e. The molecule has 1 aliphatic rings. The van der Waals surface area contributed by atoms with Crippen molar-refractivity contribution in [2.75, 3.05) is 13.1 Å². The number of phenols is 1. The average molecular weight is 380 g/mol. The SMILES string of the molecule is O=C(CN1C(=O)CC1c1ccccc1O)NCCCCCCc1ccccc1. The first-order valence-electron chi connectivity index (χ1n) is 10.0. The third-order valence-corrected chi connectivity index (χ3v) is 5.23. The van der Waals surface area contributed by atoms with Gasteiger partial charge in [0.25, 0.3) is 0 Å². The molecular weight excluding hydrogens is 352 g/mol. The number of aromatic hydroxyl groups is 1. The summed E-state index contributed by atoms with van der Waals surface area (Å²) in [4.78, 5) is 25.6. The van der Waals surface area contributed by atoms with Crippen molar-refractivity contribution in [2.24, 2.45) is 0 Å². The minimum atomic E-state index is -0.211. The lowest BCUT2D eigenvalue weighted by atomic mass is 9.93. The predicted octanol–water partition coefficient (Wildman–Crippen LogP) is 3.58. The van der Waals surface area contributed by atoms with E-state index >= 15 is 0 Å². The Morgan fingerprint density at radius 1 is 1.00 bits per heavy atom. The number of carbonyl (C=O) groups is 2. The largest absolute Gasteiger partial charge is 0.508 e. The van der Waals surface area contributed by atoms with E-state index in [1.54, 1.807) is 18.2 Å². The Bertz CT molecular complexity index is 791. The number of hydrogen-bond acceptors (Lipinski definition) is 3. The standard InChI is InChI=1S/C23H28N2O3/c26-21-14-8-7-13-19(21)20-16-23(28)25(20)17-22(27)24-15-9-2-1-4-10-18-11-5-3-6-12-18/h3,5-8,11-14,20,26H,1-2,4,9-10,15-17H2,(H,24,27). The second-order valence-electron chi connectivity index (χ2n) is 7.30. The van der Waals surface area contributed by atoms with Gasteiger partial charge in [-0.25, -0.2) is 0 Å².